The van der Waals surface area contributed by atoms with Crippen LogP contribution in [0.3, 0.4) is 0 Å². The Morgan fingerprint density at radius 1 is 1.15 bits per heavy atom. The fourth-order valence-electron chi connectivity index (χ4n) is 4.11. The van der Waals surface area contributed by atoms with Crippen LogP contribution in [0.2, 0.25) is 0 Å². The second-order valence-corrected chi connectivity index (χ2v) is 7.48. The third-order valence-electron chi connectivity index (χ3n) is 5.54. The van der Waals surface area contributed by atoms with Crippen molar-refractivity contribution in [2.45, 2.75) is 51.1 Å². The molecule has 0 radical (unpaired) electrons. The van der Waals surface area contributed by atoms with E-state index in [1.54, 1.807) is 6.33 Å². The highest BCUT2D eigenvalue weighted by molar-refractivity contribution is 5.68. The summed E-state index contributed by atoms with van der Waals surface area (Å²) in [6, 6.07) is 2.11. The maximum Gasteiger partial charge on any atom is 0.198 e. The lowest BCUT2D eigenvalue weighted by Crippen LogP contribution is -2.30. The number of nitrogens with one attached hydrogen (secondary N) is 1. The Balaban J connectivity index is 1.49. The van der Waals surface area contributed by atoms with Crippen LogP contribution in [0.4, 0.5) is 11.6 Å². The van der Waals surface area contributed by atoms with Gasteiger partial charge in [0.05, 0.1) is 24.1 Å². The van der Waals surface area contributed by atoms with Crippen molar-refractivity contribution >= 4 is 17.3 Å². The molecule has 0 aromatic carbocycles. The van der Waals surface area contributed by atoms with Gasteiger partial charge in [-0.25, -0.2) is 14.5 Å². The zero-order valence-corrected chi connectivity index (χ0v) is 15.1. The highest BCUT2D eigenvalue weighted by Gasteiger charge is 2.21. The second kappa shape index (κ2) is 6.35. The summed E-state index contributed by atoms with van der Waals surface area (Å²) in [6.45, 7) is 2.87. The van der Waals surface area contributed by atoms with Crippen LogP contribution in [0.5, 0.6) is 0 Å². The molecule has 4 heterocycles. The normalized spacial score (nSPS) is 19.0. The SMILES string of the molecule is CN1CCn2nc(Nc3nc(C4CCCCC4)cn4ncnc34)cc2C1. The Hall–Kier alpha value is -2.48. The van der Waals surface area contributed by atoms with Gasteiger partial charge in [-0.15, -0.1) is 0 Å². The first-order chi connectivity index (χ1) is 12.8. The van der Waals surface area contributed by atoms with Gasteiger partial charge in [0.1, 0.15) is 6.33 Å². The maximum absolute atomic E-state index is 4.92. The minimum atomic E-state index is 0.516. The lowest BCUT2D eigenvalue weighted by atomic mass is 9.87. The topological polar surface area (TPSA) is 76.2 Å². The third kappa shape index (κ3) is 2.84. The van der Waals surface area contributed by atoms with Gasteiger partial charge in [-0.05, 0) is 19.9 Å². The van der Waals surface area contributed by atoms with Gasteiger partial charge in [0.2, 0.25) is 0 Å². The van der Waals surface area contributed by atoms with E-state index in [9.17, 15) is 0 Å². The predicted molar refractivity (Wildman–Crippen MR) is 98.5 cm³/mol. The molecule has 8 heteroatoms. The Morgan fingerprint density at radius 3 is 2.92 bits per heavy atom. The van der Waals surface area contributed by atoms with Gasteiger partial charge in [-0.1, -0.05) is 19.3 Å². The van der Waals surface area contributed by atoms with Crippen molar-refractivity contribution in [2.75, 3.05) is 18.9 Å². The van der Waals surface area contributed by atoms with Crippen molar-refractivity contribution in [3.8, 4) is 0 Å². The molecule has 136 valence electrons. The van der Waals surface area contributed by atoms with Crippen LogP contribution in [-0.4, -0.2) is 47.9 Å². The summed E-state index contributed by atoms with van der Waals surface area (Å²) in [6.07, 6.45) is 9.94. The number of aromatic nitrogens is 6. The van der Waals surface area contributed by atoms with Gasteiger partial charge >= 0.3 is 0 Å². The average Bonchev–Trinajstić information content (AvgIpc) is 3.28. The molecule has 3 aromatic heterocycles. The number of nitrogens with zero attached hydrogens (tertiary/aromatic N) is 7. The van der Waals surface area contributed by atoms with Crippen molar-refractivity contribution in [3.63, 3.8) is 0 Å². The first kappa shape index (κ1) is 15.7. The number of hydrogen-bond donors (Lipinski definition) is 1. The molecule has 1 fully saturated rings. The van der Waals surface area contributed by atoms with Gasteiger partial charge < -0.3 is 5.32 Å². The molecular weight excluding hydrogens is 328 g/mol. The van der Waals surface area contributed by atoms with Gasteiger partial charge in [-0.3, -0.25) is 9.58 Å². The van der Waals surface area contributed by atoms with Crippen LogP contribution in [0.15, 0.2) is 18.6 Å². The van der Waals surface area contributed by atoms with E-state index in [0.717, 1.165) is 42.6 Å². The van der Waals surface area contributed by atoms with Crippen LogP contribution in [-0.2, 0) is 13.1 Å². The number of fused-ring (bicyclic) bond motifs is 2. The van der Waals surface area contributed by atoms with Crippen molar-refractivity contribution in [1.82, 2.24) is 34.3 Å². The Kier molecular flexibility index (Phi) is 3.85. The van der Waals surface area contributed by atoms with E-state index in [1.165, 1.54) is 37.8 Å². The zero-order valence-electron chi connectivity index (χ0n) is 15.1. The first-order valence-electron chi connectivity index (χ1n) is 9.49. The van der Waals surface area contributed by atoms with Gasteiger partial charge in [0.15, 0.2) is 17.3 Å². The van der Waals surface area contributed by atoms with E-state index in [0.29, 0.717) is 5.92 Å². The maximum atomic E-state index is 4.92. The molecule has 0 spiro atoms. The van der Waals surface area contributed by atoms with Crippen LogP contribution < -0.4 is 5.32 Å². The van der Waals surface area contributed by atoms with E-state index in [-0.39, 0.29) is 0 Å². The minimum Gasteiger partial charge on any atom is -0.320 e. The summed E-state index contributed by atoms with van der Waals surface area (Å²) in [5, 5.41) is 12.4. The molecule has 8 nitrogen and oxygen atoms in total. The van der Waals surface area contributed by atoms with Gasteiger partial charge in [-0.2, -0.15) is 10.2 Å². The highest BCUT2D eigenvalue weighted by atomic mass is 15.4. The van der Waals surface area contributed by atoms with E-state index < -0.39 is 0 Å². The lowest BCUT2D eigenvalue weighted by Gasteiger charge is -2.22. The van der Waals surface area contributed by atoms with E-state index in [4.69, 9.17) is 10.1 Å². The predicted octanol–water partition coefficient (Wildman–Crippen LogP) is 2.56. The third-order valence-corrected chi connectivity index (χ3v) is 5.54. The molecule has 0 unspecified atom stereocenters. The molecule has 1 aliphatic heterocycles. The number of anilines is 2. The van der Waals surface area contributed by atoms with Gasteiger partial charge in [0.25, 0.3) is 0 Å². The molecule has 1 saturated carbocycles. The second-order valence-electron chi connectivity index (χ2n) is 7.48. The fourth-order valence-corrected chi connectivity index (χ4v) is 4.11. The molecule has 3 aromatic rings. The first-order valence-corrected chi connectivity index (χ1v) is 9.49. The highest BCUT2D eigenvalue weighted by Crippen LogP contribution is 2.33. The molecule has 0 bridgehead atoms. The molecule has 26 heavy (non-hydrogen) atoms. The fraction of sp³-hybridized carbons (Fsp3) is 0.556. The summed E-state index contributed by atoms with van der Waals surface area (Å²) in [5.74, 6) is 2.09. The lowest BCUT2D eigenvalue weighted by molar-refractivity contribution is 0.259. The molecule has 1 N–H and O–H groups in total. The summed E-state index contributed by atoms with van der Waals surface area (Å²) in [7, 11) is 2.14. The summed E-state index contributed by atoms with van der Waals surface area (Å²) >= 11 is 0. The van der Waals surface area contributed by atoms with Crippen LogP contribution in [0.25, 0.3) is 5.65 Å². The largest absolute Gasteiger partial charge is 0.320 e. The standard InChI is InChI=1S/C18H24N8/c1-24-7-8-25-14(10-24)9-16(23-25)22-17-18-19-12-20-26(18)11-15(21-17)13-5-3-2-4-6-13/h9,11-13H,2-8,10H2,1H3,(H,21,22,23). The van der Waals surface area contributed by atoms with E-state index >= 15 is 0 Å². The van der Waals surface area contributed by atoms with E-state index in [2.05, 4.69) is 38.1 Å². The van der Waals surface area contributed by atoms with Crippen LogP contribution in [0.1, 0.15) is 49.4 Å². The molecule has 0 atom stereocenters. The van der Waals surface area contributed by atoms with Crippen molar-refractivity contribution < 1.29 is 0 Å². The van der Waals surface area contributed by atoms with Crippen LogP contribution in [0, 0.1) is 0 Å². The minimum absolute atomic E-state index is 0.516. The Morgan fingerprint density at radius 2 is 2.04 bits per heavy atom. The van der Waals surface area contributed by atoms with Crippen molar-refractivity contribution in [1.29, 1.82) is 0 Å². The summed E-state index contributed by atoms with van der Waals surface area (Å²) in [4.78, 5) is 11.6. The Bertz CT molecular complexity index is 921. The molecule has 2 aliphatic rings. The number of likely N-dealkylation sites (N-methyl/N-ethyl adjacent to an activating group) is 1. The number of hydrogen-bond acceptors (Lipinski definition) is 6. The zero-order chi connectivity index (χ0) is 17.5. The molecule has 1 aliphatic carbocycles. The Labute approximate surface area is 152 Å². The monoisotopic (exact) mass is 352 g/mol. The molecule has 0 amide bonds. The van der Waals surface area contributed by atoms with Crippen LogP contribution >= 0.6 is 0 Å². The molecular formula is C18H24N8. The van der Waals surface area contributed by atoms with Crippen molar-refractivity contribution in [2.24, 2.45) is 0 Å². The smallest absolute Gasteiger partial charge is 0.198 e. The quantitative estimate of drug-likeness (QED) is 0.781. The van der Waals surface area contributed by atoms with Crippen molar-refractivity contribution in [3.05, 3.63) is 30.0 Å². The van der Waals surface area contributed by atoms with Gasteiger partial charge in [0, 0.05) is 25.1 Å². The molecule has 0 saturated heterocycles. The average molecular weight is 352 g/mol. The summed E-state index contributed by atoms with van der Waals surface area (Å²) < 4.78 is 3.91. The van der Waals surface area contributed by atoms with E-state index in [1.807, 2.05) is 10.7 Å². The molecule has 5 rings (SSSR count). The number of rotatable bonds is 3. The summed E-state index contributed by atoms with van der Waals surface area (Å²) in [5.41, 5.74) is 3.07.